The molecule has 2 saturated heterocycles. The lowest BCUT2D eigenvalue weighted by molar-refractivity contribution is -0.133. The Balaban J connectivity index is 1.79. The van der Waals surface area contributed by atoms with Crippen molar-refractivity contribution in [2.75, 3.05) is 32.7 Å². The molecule has 2 aliphatic rings. The van der Waals surface area contributed by atoms with Gasteiger partial charge in [-0.1, -0.05) is 13.8 Å². The normalized spacial score (nSPS) is 25.5. The zero-order valence-electron chi connectivity index (χ0n) is 12.3. The SMILES string of the molecule is CCC(=O)N1CCC(F)(CN2CCC(C)CC2)CC1. The Morgan fingerprint density at radius 2 is 1.79 bits per heavy atom. The maximum Gasteiger partial charge on any atom is 0.222 e. The van der Waals surface area contributed by atoms with E-state index in [1.807, 2.05) is 11.8 Å². The summed E-state index contributed by atoms with van der Waals surface area (Å²) in [6.45, 7) is 7.95. The van der Waals surface area contributed by atoms with Gasteiger partial charge < -0.3 is 9.80 Å². The molecule has 110 valence electrons. The Morgan fingerprint density at radius 3 is 2.32 bits per heavy atom. The minimum atomic E-state index is -1.08. The fraction of sp³-hybridized carbons (Fsp3) is 0.933. The summed E-state index contributed by atoms with van der Waals surface area (Å²) in [5, 5.41) is 0. The molecule has 1 amide bonds. The van der Waals surface area contributed by atoms with Gasteiger partial charge in [0.15, 0.2) is 0 Å². The van der Waals surface area contributed by atoms with E-state index in [-0.39, 0.29) is 5.91 Å². The molecule has 0 radical (unpaired) electrons. The van der Waals surface area contributed by atoms with E-state index in [1.165, 1.54) is 12.8 Å². The minimum absolute atomic E-state index is 0.161. The van der Waals surface area contributed by atoms with Crippen LogP contribution in [0.1, 0.15) is 46.0 Å². The topological polar surface area (TPSA) is 23.6 Å². The van der Waals surface area contributed by atoms with Gasteiger partial charge in [-0.25, -0.2) is 4.39 Å². The van der Waals surface area contributed by atoms with Crippen LogP contribution in [-0.4, -0.2) is 54.1 Å². The van der Waals surface area contributed by atoms with Gasteiger partial charge in [0.2, 0.25) is 5.91 Å². The largest absolute Gasteiger partial charge is 0.342 e. The Kier molecular flexibility index (Phi) is 4.82. The summed E-state index contributed by atoms with van der Waals surface area (Å²) < 4.78 is 14.8. The van der Waals surface area contributed by atoms with Crippen LogP contribution in [-0.2, 0) is 4.79 Å². The van der Waals surface area contributed by atoms with E-state index in [9.17, 15) is 9.18 Å². The maximum atomic E-state index is 14.8. The first-order valence-corrected chi connectivity index (χ1v) is 7.71. The number of rotatable bonds is 3. The summed E-state index contributed by atoms with van der Waals surface area (Å²) >= 11 is 0. The van der Waals surface area contributed by atoms with Crippen LogP contribution < -0.4 is 0 Å². The van der Waals surface area contributed by atoms with Crippen molar-refractivity contribution < 1.29 is 9.18 Å². The summed E-state index contributed by atoms with van der Waals surface area (Å²) in [4.78, 5) is 15.7. The highest BCUT2D eigenvalue weighted by molar-refractivity contribution is 5.75. The van der Waals surface area contributed by atoms with E-state index < -0.39 is 5.67 Å². The minimum Gasteiger partial charge on any atom is -0.342 e. The average Bonchev–Trinajstić information content (AvgIpc) is 2.41. The summed E-state index contributed by atoms with van der Waals surface area (Å²) in [5.74, 6) is 0.949. The number of halogens is 1. The van der Waals surface area contributed by atoms with E-state index in [0.29, 0.717) is 38.9 Å². The van der Waals surface area contributed by atoms with Crippen molar-refractivity contribution in [3.8, 4) is 0 Å². The van der Waals surface area contributed by atoms with Crippen LogP contribution in [0.15, 0.2) is 0 Å². The van der Waals surface area contributed by atoms with E-state index in [0.717, 1.165) is 19.0 Å². The molecule has 0 N–H and O–H groups in total. The van der Waals surface area contributed by atoms with E-state index in [2.05, 4.69) is 11.8 Å². The molecule has 0 aromatic rings. The van der Waals surface area contributed by atoms with Gasteiger partial charge in [0, 0.05) is 38.9 Å². The highest BCUT2D eigenvalue weighted by Gasteiger charge is 2.37. The van der Waals surface area contributed by atoms with Gasteiger partial charge in [-0.05, 0) is 31.8 Å². The molecule has 2 fully saturated rings. The van der Waals surface area contributed by atoms with E-state index >= 15 is 0 Å². The van der Waals surface area contributed by atoms with Crippen molar-refractivity contribution in [1.82, 2.24) is 9.80 Å². The smallest absolute Gasteiger partial charge is 0.222 e. The van der Waals surface area contributed by atoms with E-state index in [4.69, 9.17) is 0 Å². The van der Waals surface area contributed by atoms with Crippen LogP contribution in [0.4, 0.5) is 4.39 Å². The quantitative estimate of drug-likeness (QED) is 0.786. The van der Waals surface area contributed by atoms with Crippen molar-refractivity contribution in [2.45, 2.75) is 51.6 Å². The molecule has 0 aromatic carbocycles. The zero-order valence-corrected chi connectivity index (χ0v) is 12.3. The Morgan fingerprint density at radius 1 is 1.21 bits per heavy atom. The molecule has 0 aromatic heterocycles. The van der Waals surface area contributed by atoms with Crippen molar-refractivity contribution in [2.24, 2.45) is 5.92 Å². The van der Waals surface area contributed by atoms with Gasteiger partial charge in [-0.15, -0.1) is 0 Å². The maximum absolute atomic E-state index is 14.8. The fourth-order valence-corrected chi connectivity index (χ4v) is 3.16. The molecular formula is C15H27FN2O. The van der Waals surface area contributed by atoms with Crippen LogP contribution in [0.5, 0.6) is 0 Å². The standard InChI is InChI=1S/C15H27FN2O/c1-3-14(19)18-10-6-15(16,7-11-18)12-17-8-4-13(2)5-9-17/h13H,3-12H2,1-2H3. The lowest BCUT2D eigenvalue weighted by Gasteiger charge is -2.40. The molecule has 2 aliphatic heterocycles. The molecule has 4 heteroatoms. The number of piperidine rings is 2. The lowest BCUT2D eigenvalue weighted by Crippen LogP contribution is -2.50. The first kappa shape index (κ1) is 14.8. The zero-order chi connectivity index (χ0) is 13.9. The number of hydrogen-bond donors (Lipinski definition) is 0. The average molecular weight is 270 g/mol. The summed E-state index contributed by atoms with van der Waals surface area (Å²) in [5.41, 5.74) is -1.08. The Bertz CT molecular complexity index is 305. The lowest BCUT2D eigenvalue weighted by atomic mass is 9.90. The molecule has 2 heterocycles. The molecule has 0 aliphatic carbocycles. The second kappa shape index (κ2) is 6.21. The molecular weight excluding hydrogens is 243 g/mol. The monoisotopic (exact) mass is 270 g/mol. The number of likely N-dealkylation sites (tertiary alicyclic amines) is 2. The van der Waals surface area contributed by atoms with Crippen LogP contribution in [0.2, 0.25) is 0 Å². The van der Waals surface area contributed by atoms with Gasteiger partial charge in [-0.2, -0.15) is 0 Å². The first-order chi connectivity index (χ1) is 9.02. The second-order valence-corrected chi connectivity index (χ2v) is 6.34. The molecule has 0 saturated carbocycles. The van der Waals surface area contributed by atoms with Crippen LogP contribution >= 0.6 is 0 Å². The van der Waals surface area contributed by atoms with E-state index in [1.54, 1.807) is 0 Å². The Labute approximate surface area is 116 Å². The third-order valence-corrected chi connectivity index (χ3v) is 4.70. The second-order valence-electron chi connectivity index (χ2n) is 6.34. The van der Waals surface area contributed by atoms with Gasteiger partial charge in [-0.3, -0.25) is 4.79 Å². The third-order valence-electron chi connectivity index (χ3n) is 4.70. The molecule has 3 nitrogen and oxygen atoms in total. The van der Waals surface area contributed by atoms with Crippen molar-refractivity contribution in [1.29, 1.82) is 0 Å². The highest BCUT2D eigenvalue weighted by atomic mass is 19.1. The van der Waals surface area contributed by atoms with Crippen molar-refractivity contribution in [3.05, 3.63) is 0 Å². The number of hydrogen-bond acceptors (Lipinski definition) is 2. The van der Waals surface area contributed by atoms with Crippen molar-refractivity contribution >= 4 is 5.91 Å². The van der Waals surface area contributed by atoms with Gasteiger partial charge in [0.1, 0.15) is 5.67 Å². The number of amides is 1. The van der Waals surface area contributed by atoms with Gasteiger partial charge in [0.05, 0.1) is 0 Å². The molecule has 0 spiro atoms. The molecule has 2 rings (SSSR count). The summed E-state index contributed by atoms with van der Waals surface area (Å²) in [7, 11) is 0. The van der Waals surface area contributed by atoms with Crippen LogP contribution in [0.25, 0.3) is 0 Å². The highest BCUT2D eigenvalue weighted by Crippen LogP contribution is 2.29. The van der Waals surface area contributed by atoms with Gasteiger partial charge in [0.25, 0.3) is 0 Å². The molecule has 19 heavy (non-hydrogen) atoms. The van der Waals surface area contributed by atoms with Gasteiger partial charge >= 0.3 is 0 Å². The first-order valence-electron chi connectivity index (χ1n) is 7.71. The molecule has 0 atom stereocenters. The van der Waals surface area contributed by atoms with Crippen LogP contribution in [0.3, 0.4) is 0 Å². The molecule has 0 unspecified atom stereocenters. The number of carbonyl (C=O) groups is 1. The summed E-state index contributed by atoms with van der Waals surface area (Å²) in [6.07, 6.45) is 3.92. The number of nitrogens with zero attached hydrogens (tertiary/aromatic N) is 2. The third kappa shape index (κ3) is 3.91. The predicted molar refractivity (Wildman–Crippen MR) is 74.8 cm³/mol. The van der Waals surface area contributed by atoms with Crippen LogP contribution in [0, 0.1) is 5.92 Å². The summed E-state index contributed by atoms with van der Waals surface area (Å²) in [6, 6.07) is 0. The predicted octanol–water partition coefficient (Wildman–Crippen LogP) is 2.46. The number of alkyl halides is 1. The number of carbonyl (C=O) groups excluding carboxylic acids is 1. The molecule has 0 bridgehead atoms. The van der Waals surface area contributed by atoms with Crippen molar-refractivity contribution in [3.63, 3.8) is 0 Å². The fourth-order valence-electron chi connectivity index (χ4n) is 3.16. The Hall–Kier alpha value is -0.640.